The lowest BCUT2D eigenvalue weighted by Crippen LogP contribution is -2.28. The van der Waals surface area contributed by atoms with Crippen LogP contribution < -0.4 is 9.46 Å². The predicted molar refractivity (Wildman–Crippen MR) is 146 cm³/mol. The van der Waals surface area contributed by atoms with Gasteiger partial charge in [-0.2, -0.15) is 0 Å². The number of ether oxygens (including phenoxy) is 2. The molecule has 0 spiro atoms. The third-order valence-corrected chi connectivity index (χ3v) is 6.91. The van der Waals surface area contributed by atoms with Crippen molar-refractivity contribution >= 4 is 43.6 Å². The molecule has 38 heavy (non-hydrogen) atoms. The first-order valence-electron chi connectivity index (χ1n) is 12.2. The number of hydrogen-bond donors (Lipinski definition) is 2. The summed E-state index contributed by atoms with van der Waals surface area (Å²) < 4.78 is 38.1. The Bertz CT molecular complexity index is 1700. The van der Waals surface area contributed by atoms with E-state index in [2.05, 4.69) is 9.71 Å². The summed E-state index contributed by atoms with van der Waals surface area (Å²) in [5.41, 5.74) is 4.03. The maximum Gasteiger partial charge on any atom is 0.337 e. The van der Waals surface area contributed by atoms with Gasteiger partial charge in [0.25, 0.3) is 0 Å². The van der Waals surface area contributed by atoms with E-state index < -0.39 is 27.7 Å². The highest BCUT2D eigenvalue weighted by Crippen LogP contribution is 2.45. The van der Waals surface area contributed by atoms with Crippen LogP contribution in [0.2, 0.25) is 0 Å². The van der Waals surface area contributed by atoms with Crippen molar-refractivity contribution in [1.29, 1.82) is 0 Å². The maximum atomic E-state index is 12.6. The number of hydrogen-bond acceptors (Lipinski definition) is 7. The summed E-state index contributed by atoms with van der Waals surface area (Å²) >= 11 is 0. The summed E-state index contributed by atoms with van der Waals surface area (Å²) in [6, 6.07) is 10.8. The molecule has 0 radical (unpaired) electrons. The molecule has 10 heteroatoms. The van der Waals surface area contributed by atoms with Crippen LogP contribution in [0.25, 0.3) is 32.9 Å². The van der Waals surface area contributed by atoms with Crippen molar-refractivity contribution in [1.82, 2.24) is 9.97 Å². The number of benzene rings is 2. The molecule has 1 aliphatic heterocycles. The first kappa shape index (κ1) is 25.9. The second-order valence-corrected chi connectivity index (χ2v) is 12.2. The molecule has 1 aliphatic rings. The molecule has 0 saturated carbocycles. The van der Waals surface area contributed by atoms with Crippen molar-refractivity contribution in [2.24, 2.45) is 0 Å². The van der Waals surface area contributed by atoms with E-state index in [0.717, 1.165) is 29.4 Å². The van der Waals surface area contributed by atoms with Crippen molar-refractivity contribution in [2.75, 3.05) is 17.6 Å². The Hall–Kier alpha value is -3.76. The number of carbonyl (C=O) groups is 1. The van der Waals surface area contributed by atoms with Crippen molar-refractivity contribution < 1.29 is 27.8 Å². The minimum absolute atomic E-state index is 0.169. The van der Waals surface area contributed by atoms with Gasteiger partial charge in [-0.3, -0.25) is 9.71 Å². The van der Waals surface area contributed by atoms with Crippen molar-refractivity contribution in [3.05, 3.63) is 59.3 Å². The van der Waals surface area contributed by atoms with Gasteiger partial charge in [0.1, 0.15) is 11.6 Å². The summed E-state index contributed by atoms with van der Waals surface area (Å²) in [5.74, 6) is -0.219. The summed E-state index contributed by atoms with van der Waals surface area (Å²) in [4.78, 5) is 21.9. The average Bonchev–Trinajstić information content (AvgIpc) is 2.81. The second-order valence-electron chi connectivity index (χ2n) is 10.5. The first-order valence-corrected chi connectivity index (χ1v) is 14.1. The highest BCUT2D eigenvalue weighted by molar-refractivity contribution is 7.92. The number of nitrogens with one attached hydrogen (secondary N) is 1. The van der Waals surface area contributed by atoms with Gasteiger partial charge in [-0.05, 0) is 80.8 Å². The molecule has 3 heterocycles. The summed E-state index contributed by atoms with van der Waals surface area (Å²) in [5, 5.41) is 11.9. The predicted octanol–water partition coefficient (Wildman–Crippen LogP) is 5.01. The average molecular weight is 536 g/mol. The molecule has 1 unspecified atom stereocenters. The molecule has 0 amide bonds. The maximum absolute atomic E-state index is 12.6. The van der Waals surface area contributed by atoms with Crippen LogP contribution in [0.1, 0.15) is 43.6 Å². The van der Waals surface area contributed by atoms with Gasteiger partial charge in [0.05, 0.1) is 29.5 Å². The zero-order valence-electron chi connectivity index (χ0n) is 21.8. The number of carboxylic acids is 1. The van der Waals surface area contributed by atoms with Crippen LogP contribution in [-0.4, -0.2) is 47.9 Å². The summed E-state index contributed by atoms with van der Waals surface area (Å²) in [6.07, 6.45) is 2.28. The fourth-order valence-corrected chi connectivity index (χ4v) is 5.48. The molecule has 1 atom stereocenters. The van der Waals surface area contributed by atoms with Gasteiger partial charge < -0.3 is 14.6 Å². The minimum Gasteiger partial charge on any atom is -0.493 e. The molecular weight excluding hydrogens is 506 g/mol. The molecule has 2 aromatic heterocycles. The van der Waals surface area contributed by atoms with Gasteiger partial charge in [-0.15, -0.1) is 0 Å². The first-order chi connectivity index (χ1) is 17.8. The lowest BCUT2D eigenvalue weighted by Gasteiger charge is -2.29. The Morgan fingerprint density at radius 2 is 1.95 bits per heavy atom. The van der Waals surface area contributed by atoms with E-state index in [1.807, 2.05) is 39.0 Å². The second kappa shape index (κ2) is 9.21. The lowest BCUT2D eigenvalue weighted by atomic mass is 9.86. The number of nitrogens with zero attached hydrogens (tertiary/aromatic N) is 2. The molecule has 5 rings (SSSR count). The van der Waals surface area contributed by atoms with Gasteiger partial charge in [-0.25, -0.2) is 18.2 Å². The number of carboxylic acid groups (broad SMARTS) is 1. The molecule has 2 aromatic carbocycles. The summed E-state index contributed by atoms with van der Waals surface area (Å²) in [7, 11) is -3.54. The standard InChI is InChI=1S/C28H29N3O6S/c1-15-14-19-17(7-9-21(30-19)31-38(5,34)35)24(22(15)26(27(32)33)37-28(2,3)4)18-6-8-20-23-16(11-13-36-20)10-12-29-25(18)23/h6-10,12,14,26H,11,13H2,1-5H3,(H,30,31)(H,32,33). The Balaban J connectivity index is 1.88. The number of aryl methyl sites for hydroxylation is 1. The van der Waals surface area contributed by atoms with Crippen LogP contribution in [-0.2, 0) is 26.0 Å². The van der Waals surface area contributed by atoms with E-state index in [1.165, 1.54) is 0 Å². The molecule has 0 bridgehead atoms. The third-order valence-electron chi connectivity index (χ3n) is 6.33. The highest BCUT2D eigenvalue weighted by atomic mass is 32.2. The molecule has 198 valence electrons. The quantitative estimate of drug-likeness (QED) is 0.353. The van der Waals surface area contributed by atoms with Gasteiger partial charge in [-0.1, -0.05) is 0 Å². The lowest BCUT2D eigenvalue weighted by molar-refractivity contribution is -0.160. The van der Waals surface area contributed by atoms with E-state index in [-0.39, 0.29) is 5.82 Å². The Kier molecular flexibility index (Phi) is 6.27. The van der Waals surface area contributed by atoms with Crippen LogP contribution in [0.5, 0.6) is 5.75 Å². The minimum atomic E-state index is -3.54. The largest absolute Gasteiger partial charge is 0.493 e. The Labute approximate surface area is 220 Å². The zero-order valence-corrected chi connectivity index (χ0v) is 22.6. The van der Waals surface area contributed by atoms with Crippen molar-refractivity contribution in [2.45, 2.75) is 45.8 Å². The Morgan fingerprint density at radius 1 is 1.18 bits per heavy atom. The third kappa shape index (κ3) is 4.89. The Morgan fingerprint density at radius 3 is 2.63 bits per heavy atom. The number of fused-ring (bicyclic) bond motifs is 1. The van der Waals surface area contributed by atoms with Crippen LogP contribution in [0.15, 0.2) is 42.6 Å². The van der Waals surface area contributed by atoms with Gasteiger partial charge in [0.2, 0.25) is 10.0 Å². The molecule has 4 aromatic rings. The number of aromatic nitrogens is 2. The van der Waals surface area contributed by atoms with E-state index in [4.69, 9.17) is 14.5 Å². The smallest absolute Gasteiger partial charge is 0.337 e. The highest BCUT2D eigenvalue weighted by Gasteiger charge is 2.33. The number of anilines is 1. The molecule has 0 saturated heterocycles. The van der Waals surface area contributed by atoms with Crippen molar-refractivity contribution in [3.63, 3.8) is 0 Å². The number of aliphatic carboxylic acids is 1. The summed E-state index contributed by atoms with van der Waals surface area (Å²) in [6.45, 7) is 7.81. The van der Waals surface area contributed by atoms with Gasteiger partial charge in [0.15, 0.2) is 6.10 Å². The van der Waals surface area contributed by atoms with Crippen LogP contribution in [0.3, 0.4) is 0 Å². The fourth-order valence-electron chi connectivity index (χ4n) is 4.99. The number of pyridine rings is 2. The molecule has 0 fully saturated rings. The van der Waals surface area contributed by atoms with E-state index >= 15 is 0 Å². The van der Waals surface area contributed by atoms with E-state index in [0.29, 0.717) is 45.3 Å². The number of sulfonamides is 1. The molecular formula is C28H29N3O6S. The van der Waals surface area contributed by atoms with Crippen LogP contribution >= 0.6 is 0 Å². The monoisotopic (exact) mass is 535 g/mol. The van der Waals surface area contributed by atoms with E-state index in [9.17, 15) is 18.3 Å². The van der Waals surface area contributed by atoms with Gasteiger partial charge >= 0.3 is 5.97 Å². The molecule has 9 nitrogen and oxygen atoms in total. The normalized spacial score (nSPS) is 14.3. The molecule has 0 aliphatic carbocycles. The fraction of sp³-hybridized carbons (Fsp3) is 0.321. The zero-order chi connectivity index (χ0) is 27.4. The van der Waals surface area contributed by atoms with Gasteiger partial charge in [0, 0.05) is 34.5 Å². The van der Waals surface area contributed by atoms with Crippen LogP contribution in [0, 0.1) is 6.92 Å². The van der Waals surface area contributed by atoms with Crippen LogP contribution in [0.4, 0.5) is 5.82 Å². The number of rotatable bonds is 6. The molecule has 2 N–H and O–H groups in total. The topological polar surface area (TPSA) is 128 Å². The van der Waals surface area contributed by atoms with Crippen molar-refractivity contribution in [3.8, 4) is 16.9 Å². The SMILES string of the molecule is Cc1cc2nc(NS(C)(=O)=O)ccc2c(-c2ccc3c4c(ccnc24)CCO3)c1C(OC(C)(C)C)C(=O)O. The van der Waals surface area contributed by atoms with E-state index in [1.54, 1.807) is 31.3 Å².